The van der Waals surface area contributed by atoms with Gasteiger partial charge in [-0.15, -0.1) is 17.8 Å². The maximum absolute atomic E-state index is 6.36. The highest BCUT2D eigenvalue weighted by Crippen LogP contribution is 2.41. The molecule has 0 spiro atoms. The zero-order valence-corrected chi connectivity index (χ0v) is 14.1. The average molecular weight is 344 g/mol. The third kappa shape index (κ3) is 3.26. The van der Waals surface area contributed by atoms with Crippen molar-refractivity contribution in [2.45, 2.75) is 6.92 Å². The van der Waals surface area contributed by atoms with E-state index in [4.69, 9.17) is 27.5 Å². The minimum atomic E-state index is 0.139. The van der Waals surface area contributed by atoms with Crippen LogP contribution in [0.4, 0.5) is 0 Å². The Morgan fingerprint density at radius 1 is 1.26 bits per heavy atom. The molecule has 5 heteroatoms. The molecule has 3 rings (SSSR count). The number of para-hydroxylation sites is 1. The lowest BCUT2D eigenvalue weighted by molar-refractivity contribution is 0.299. The van der Waals surface area contributed by atoms with Crippen molar-refractivity contribution in [2.75, 3.05) is 13.2 Å². The second-order valence-corrected chi connectivity index (χ2v) is 6.14. The van der Waals surface area contributed by atoms with Crippen LogP contribution in [0, 0.1) is 12.3 Å². The molecule has 0 bridgehead atoms. The van der Waals surface area contributed by atoms with E-state index in [0.717, 1.165) is 20.8 Å². The molecular formula is C18H14ClNO2S. The predicted octanol–water partition coefficient (Wildman–Crippen LogP) is 5.03. The molecule has 23 heavy (non-hydrogen) atoms. The summed E-state index contributed by atoms with van der Waals surface area (Å²) in [6.45, 7) is 2.55. The van der Waals surface area contributed by atoms with Gasteiger partial charge in [-0.25, -0.2) is 4.98 Å². The van der Waals surface area contributed by atoms with Crippen molar-refractivity contribution in [2.24, 2.45) is 0 Å². The Hall–Kier alpha value is -2.22. The minimum Gasteiger partial charge on any atom is -0.490 e. The standard InChI is InChI=1S/C18H14ClNO2S/c1-3-9-22-17-13(19)10-12(11-15(17)21-4-2)18-20-14-7-5-6-8-16(14)23-18/h1,5-8,10-11H,4,9H2,2H3. The number of aromatic nitrogens is 1. The van der Waals surface area contributed by atoms with Gasteiger partial charge < -0.3 is 9.47 Å². The second kappa shape index (κ2) is 6.91. The van der Waals surface area contributed by atoms with Crippen molar-refractivity contribution < 1.29 is 9.47 Å². The molecule has 0 amide bonds. The van der Waals surface area contributed by atoms with Gasteiger partial charge in [0.1, 0.15) is 11.6 Å². The van der Waals surface area contributed by atoms with Crippen LogP contribution in [0.3, 0.4) is 0 Å². The maximum atomic E-state index is 6.36. The fraction of sp³-hybridized carbons (Fsp3) is 0.167. The maximum Gasteiger partial charge on any atom is 0.181 e. The van der Waals surface area contributed by atoms with E-state index in [1.54, 1.807) is 11.3 Å². The molecule has 3 aromatic rings. The Bertz CT molecular complexity index is 849. The van der Waals surface area contributed by atoms with Crippen LogP contribution in [0.15, 0.2) is 36.4 Å². The topological polar surface area (TPSA) is 31.4 Å². The number of benzene rings is 2. The van der Waals surface area contributed by atoms with Gasteiger partial charge in [-0.1, -0.05) is 29.7 Å². The van der Waals surface area contributed by atoms with E-state index in [-0.39, 0.29) is 6.61 Å². The van der Waals surface area contributed by atoms with E-state index >= 15 is 0 Å². The van der Waals surface area contributed by atoms with Gasteiger partial charge in [0.25, 0.3) is 0 Å². The van der Waals surface area contributed by atoms with Crippen molar-refractivity contribution in [1.82, 2.24) is 4.98 Å². The van der Waals surface area contributed by atoms with E-state index in [9.17, 15) is 0 Å². The molecule has 0 atom stereocenters. The van der Waals surface area contributed by atoms with Crippen LogP contribution < -0.4 is 9.47 Å². The van der Waals surface area contributed by atoms with Gasteiger partial charge in [0.05, 0.1) is 21.8 Å². The molecule has 2 aromatic carbocycles. The molecule has 0 saturated carbocycles. The number of fused-ring (bicyclic) bond motifs is 1. The first kappa shape index (κ1) is 15.7. The van der Waals surface area contributed by atoms with Crippen LogP contribution in [-0.4, -0.2) is 18.2 Å². The van der Waals surface area contributed by atoms with Crippen molar-refractivity contribution in [1.29, 1.82) is 0 Å². The zero-order valence-electron chi connectivity index (χ0n) is 12.5. The molecule has 0 radical (unpaired) electrons. The Morgan fingerprint density at radius 2 is 2.09 bits per heavy atom. The lowest BCUT2D eigenvalue weighted by Gasteiger charge is -2.13. The molecule has 0 N–H and O–H groups in total. The Morgan fingerprint density at radius 3 is 2.83 bits per heavy atom. The van der Waals surface area contributed by atoms with Crippen molar-refractivity contribution >= 4 is 33.2 Å². The van der Waals surface area contributed by atoms with Crippen molar-refractivity contribution in [3.63, 3.8) is 0 Å². The summed E-state index contributed by atoms with van der Waals surface area (Å²) in [5.41, 5.74) is 1.86. The fourth-order valence-corrected chi connectivity index (χ4v) is 3.42. The molecule has 3 nitrogen and oxygen atoms in total. The first-order valence-corrected chi connectivity index (χ1v) is 8.31. The van der Waals surface area contributed by atoms with Gasteiger partial charge in [-0.3, -0.25) is 0 Å². The van der Waals surface area contributed by atoms with Crippen LogP contribution in [0.2, 0.25) is 5.02 Å². The van der Waals surface area contributed by atoms with E-state index < -0.39 is 0 Å². The fourth-order valence-electron chi connectivity index (χ4n) is 2.20. The van der Waals surface area contributed by atoms with Crippen LogP contribution >= 0.6 is 22.9 Å². The molecular weight excluding hydrogens is 330 g/mol. The summed E-state index contributed by atoms with van der Waals surface area (Å²) >= 11 is 7.97. The number of hydrogen-bond donors (Lipinski definition) is 0. The first-order valence-electron chi connectivity index (χ1n) is 7.11. The lowest BCUT2D eigenvalue weighted by Crippen LogP contribution is -2.00. The highest BCUT2D eigenvalue weighted by Gasteiger charge is 2.15. The van der Waals surface area contributed by atoms with Crippen molar-refractivity contribution in [3.8, 4) is 34.4 Å². The summed E-state index contributed by atoms with van der Waals surface area (Å²) in [7, 11) is 0. The van der Waals surface area contributed by atoms with E-state index in [2.05, 4.69) is 10.9 Å². The van der Waals surface area contributed by atoms with Gasteiger partial charge in [-0.2, -0.15) is 0 Å². The van der Waals surface area contributed by atoms with Gasteiger partial charge >= 0.3 is 0 Å². The summed E-state index contributed by atoms with van der Waals surface area (Å²) in [5, 5.41) is 1.35. The van der Waals surface area contributed by atoms with Crippen LogP contribution in [-0.2, 0) is 0 Å². The average Bonchev–Trinajstić information content (AvgIpc) is 2.98. The van der Waals surface area contributed by atoms with E-state index in [1.165, 1.54) is 0 Å². The number of halogens is 1. The molecule has 0 aliphatic rings. The molecule has 1 aromatic heterocycles. The first-order chi connectivity index (χ1) is 11.2. The molecule has 0 fully saturated rings. The molecule has 116 valence electrons. The summed E-state index contributed by atoms with van der Waals surface area (Å²) < 4.78 is 12.3. The van der Waals surface area contributed by atoms with Gasteiger partial charge in [0.15, 0.2) is 11.5 Å². The van der Waals surface area contributed by atoms with E-state index in [1.807, 2.05) is 43.3 Å². The second-order valence-electron chi connectivity index (χ2n) is 4.70. The summed E-state index contributed by atoms with van der Waals surface area (Å²) in [6.07, 6.45) is 5.25. The number of ether oxygens (including phenoxy) is 2. The van der Waals surface area contributed by atoms with Crippen LogP contribution in [0.25, 0.3) is 20.8 Å². The largest absolute Gasteiger partial charge is 0.490 e. The smallest absolute Gasteiger partial charge is 0.181 e. The third-order valence-electron chi connectivity index (χ3n) is 3.15. The number of rotatable bonds is 5. The highest BCUT2D eigenvalue weighted by molar-refractivity contribution is 7.21. The number of nitrogens with zero attached hydrogens (tertiary/aromatic N) is 1. The predicted molar refractivity (Wildman–Crippen MR) is 95.6 cm³/mol. The Kier molecular flexibility index (Phi) is 4.71. The highest BCUT2D eigenvalue weighted by atomic mass is 35.5. The Balaban J connectivity index is 2.07. The molecule has 0 saturated heterocycles. The molecule has 0 aliphatic heterocycles. The monoisotopic (exact) mass is 343 g/mol. The van der Waals surface area contributed by atoms with E-state index in [0.29, 0.717) is 23.1 Å². The molecule has 0 unspecified atom stereocenters. The van der Waals surface area contributed by atoms with Gasteiger partial charge in [-0.05, 0) is 31.2 Å². The number of terminal acetylenes is 1. The van der Waals surface area contributed by atoms with Crippen LogP contribution in [0.1, 0.15) is 6.92 Å². The summed E-state index contributed by atoms with van der Waals surface area (Å²) in [6, 6.07) is 11.7. The quantitative estimate of drug-likeness (QED) is 0.609. The molecule has 0 aliphatic carbocycles. The number of thiazole rings is 1. The summed E-state index contributed by atoms with van der Waals surface area (Å²) in [4.78, 5) is 4.65. The SMILES string of the molecule is C#CCOc1c(Cl)cc(-c2nc3ccccc3s2)cc1OCC. The third-order valence-corrected chi connectivity index (χ3v) is 4.52. The van der Waals surface area contributed by atoms with Crippen molar-refractivity contribution in [3.05, 3.63) is 41.4 Å². The minimum absolute atomic E-state index is 0.139. The molecule has 1 heterocycles. The lowest BCUT2D eigenvalue weighted by atomic mass is 10.2. The van der Waals surface area contributed by atoms with Gasteiger partial charge in [0.2, 0.25) is 0 Å². The Labute approximate surface area is 143 Å². The zero-order chi connectivity index (χ0) is 16.2. The van der Waals surface area contributed by atoms with Gasteiger partial charge in [0, 0.05) is 5.56 Å². The summed E-state index contributed by atoms with van der Waals surface area (Å²) in [5.74, 6) is 3.47. The van der Waals surface area contributed by atoms with Crippen LogP contribution in [0.5, 0.6) is 11.5 Å². The normalized spacial score (nSPS) is 10.5. The number of hydrogen-bond acceptors (Lipinski definition) is 4.